The maximum Gasteiger partial charge on any atom is 0.249 e. The molecule has 112 valence electrons. The number of imide groups is 1. The minimum absolute atomic E-state index is 0.232. The minimum Gasteiger partial charge on any atom is -0.313 e. The maximum absolute atomic E-state index is 12.3. The number of fused-ring (bicyclic) bond motifs is 3. The highest BCUT2D eigenvalue weighted by atomic mass is 16.2. The first-order valence-electron chi connectivity index (χ1n) is 7.39. The van der Waals surface area contributed by atoms with E-state index in [1.807, 2.05) is 34.9 Å². The summed E-state index contributed by atoms with van der Waals surface area (Å²) in [4.78, 5) is 28.3. The van der Waals surface area contributed by atoms with Crippen molar-refractivity contribution < 1.29 is 9.59 Å². The first-order valence-corrected chi connectivity index (χ1v) is 7.39. The van der Waals surface area contributed by atoms with Gasteiger partial charge < -0.3 is 4.57 Å². The number of nitrogens with one attached hydrogen (secondary N) is 1. The van der Waals surface area contributed by atoms with E-state index < -0.39 is 6.04 Å². The van der Waals surface area contributed by atoms with E-state index in [0.29, 0.717) is 24.2 Å². The summed E-state index contributed by atoms with van der Waals surface area (Å²) in [5.74, 6) is 2.01. The van der Waals surface area contributed by atoms with Crippen LogP contribution in [0.15, 0.2) is 36.4 Å². The van der Waals surface area contributed by atoms with E-state index in [-0.39, 0.29) is 11.8 Å². The maximum atomic E-state index is 12.3. The Bertz CT molecular complexity index is 1010. The van der Waals surface area contributed by atoms with Crippen LogP contribution >= 0.6 is 0 Å². The van der Waals surface area contributed by atoms with Crippen molar-refractivity contribution in [1.82, 2.24) is 14.9 Å². The van der Waals surface area contributed by atoms with Crippen molar-refractivity contribution in [3.05, 3.63) is 42.1 Å². The third-order valence-electron chi connectivity index (χ3n) is 4.23. The van der Waals surface area contributed by atoms with Gasteiger partial charge in [-0.15, -0.1) is 6.42 Å². The summed E-state index contributed by atoms with van der Waals surface area (Å²) < 4.78 is 1.90. The number of piperidine rings is 1. The fourth-order valence-electron chi connectivity index (χ4n) is 3.19. The minimum atomic E-state index is -0.462. The summed E-state index contributed by atoms with van der Waals surface area (Å²) >= 11 is 0. The molecule has 2 aromatic heterocycles. The predicted molar refractivity (Wildman–Crippen MR) is 86.6 cm³/mol. The van der Waals surface area contributed by atoms with Gasteiger partial charge in [-0.05, 0) is 24.6 Å². The average Bonchev–Trinajstić information content (AvgIpc) is 2.89. The van der Waals surface area contributed by atoms with E-state index in [9.17, 15) is 9.59 Å². The topological polar surface area (TPSA) is 64.0 Å². The van der Waals surface area contributed by atoms with Gasteiger partial charge in [0.05, 0.1) is 5.52 Å². The number of nitrogens with zero attached hydrogens (tertiary/aromatic N) is 2. The number of aromatic nitrogens is 2. The predicted octanol–water partition coefficient (Wildman–Crippen LogP) is 2.15. The van der Waals surface area contributed by atoms with Crippen LogP contribution in [0.1, 0.15) is 24.6 Å². The van der Waals surface area contributed by atoms with Crippen LogP contribution in [0, 0.1) is 12.3 Å². The summed E-state index contributed by atoms with van der Waals surface area (Å²) in [5, 5.41) is 4.37. The van der Waals surface area contributed by atoms with Gasteiger partial charge in [0.1, 0.15) is 17.4 Å². The van der Waals surface area contributed by atoms with E-state index in [2.05, 4.69) is 16.2 Å². The molecule has 1 aliphatic heterocycles. The molecule has 1 aliphatic rings. The molecule has 0 saturated carbocycles. The number of carbonyl (C=O) groups excluding carboxylic acids is 2. The highest BCUT2D eigenvalue weighted by molar-refractivity contribution is 6.09. The monoisotopic (exact) mass is 303 g/mol. The number of amides is 2. The zero-order chi connectivity index (χ0) is 16.0. The standard InChI is InChI=1S/C18H13N3O2/c1-2-11-7-8-13-12-5-3-4-6-14(12)21(17(13)19-11)15-9-10-16(22)20-18(15)23/h1,3-8,15H,9-10H2,(H,20,22,23). The number of pyridine rings is 1. The molecular weight excluding hydrogens is 290 g/mol. The third kappa shape index (κ3) is 2.00. The zero-order valence-electron chi connectivity index (χ0n) is 12.2. The van der Waals surface area contributed by atoms with Crippen LogP contribution in [0.2, 0.25) is 0 Å². The number of hydrogen-bond acceptors (Lipinski definition) is 3. The molecule has 0 aliphatic carbocycles. The molecule has 1 N–H and O–H groups in total. The number of terminal acetylenes is 1. The van der Waals surface area contributed by atoms with Crippen LogP contribution in [-0.4, -0.2) is 21.4 Å². The molecule has 23 heavy (non-hydrogen) atoms. The summed E-state index contributed by atoms with van der Waals surface area (Å²) in [6.45, 7) is 0. The van der Waals surface area contributed by atoms with Gasteiger partial charge in [-0.1, -0.05) is 24.1 Å². The fraction of sp³-hybridized carbons (Fsp3) is 0.167. The van der Waals surface area contributed by atoms with Crippen molar-refractivity contribution in [2.24, 2.45) is 0 Å². The molecule has 5 heteroatoms. The Morgan fingerprint density at radius 3 is 2.78 bits per heavy atom. The lowest BCUT2D eigenvalue weighted by atomic mass is 10.1. The molecule has 0 bridgehead atoms. The molecule has 2 amide bonds. The van der Waals surface area contributed by atoms with Gasteiger partial charge in [0.15, 0.2) is 0 Å². The molecule has 0 radical (unpaired) electrons. The Morgan fingerprint density at radius 2 is 2.00 bits per heavy atom. The largest absolute Gasteiger partial charge is 0.313 e. The molecule has 1 saturated heterocycles. The van der Waals surface area contributed by atoms with Crippen LogP contribution < -0.4 is 5.32 Å². The van der Waals surface area contributed by atoms with Crippen LogP contribution in [0.4, 0.5) is 0 Å². The van der Waals surface area contributed by atoms with Gasteiger partial charge in [0, 0.05) is 17.2 Å². The lowest BCUT2D eigenvalue weighted by molar-refractivity contribution is -0.135. The molecular formula is C18H13N3O2. The molecule has 1 fully saturated rings. The molecule has 1 aromatic carbocycles. The second-order valence-corrected chi connectivity index (χ2v) is 5.57. The second-order valence-electron chi connectivity index (χ2n) is 5.57. The molecule has 0 spiro atoms. The Labute approximate surface area is 132 Å². The van der Waals surface area contributed by atoms with E-state index in [1.165, 1.54) is 0 Å². The SMILES string of the molecule is C#Cc1ccc2c3ccccc3n(C3CCC(=O)NC3=O)c2n1. The van der Waals surface area contributed by atoms with Crippen LogP contribution in [0.25, 0.3) is 21.9 Å². The highest BCUT2D eigenvalue weighted by Gasteiger charge is 2.30. The van der Waals surface area contributed by atoms with E-state index in [1.54, 1.807) is 6.07 Å². The van der Waals surface area contributed by atoms with Crippen LogP contribution in [0.5, 0.6) is 0 Å². The van der Waals surface area contributed by atoms with Crippen molar-refractivity contribution in [1.29, 1.82) is 0 Å². The summed E-state index contributed by atoms with van der Waals surface area (Å²) in [6.07, 6.45) is 6.24. The van der Waals surface area contributed by atoms with Gasteiger partial charge in [-0.25, -0.2) is 4.98 Å². The normalized spacial score (nSPS) is 18.1. The van der Waals surface area contributed by atoms with Crippen molar-refractivity contribution >= 4 is 33.8 Å². The first kappa shape index (κ1) is 13.5. The Hall–Kier alpha value is -3.13. The third-order valence-corrected chi connectivity index (χ3v) is 4.23. The van der Waals surface area contributed by atoms with Gasteiger partial charge in [0.2, 0.25) is 11.8 Å². The smallest absolute Gasteiger partial charge is 0.249 e. The van der Waals surface area contributed by atoms with Gasteiger partial charge in [-0.2, -0.15) is 0 Å². The Morgan fingerprint density at radius 1 is 1.17 bits per heavy atom. The van der Waals surface area contributed by atoms with E-state index in [4.69, 9.17) is 6.42 Å². The Kier molecular flexibility index (Phi) is 2.91. The summed E-state index contributed by atoms with van der Waals surface area (Å²) in [6, 6.07) is 11.1. The average molecular weight is 303 g/mol. The van der Waals surface area contributed by atoms with Crippen molar-refractivity contribution in [2.45, 2.75) is 18.9 Å². The van der Waals surface area contributed by atoms with E-state index >= 15 is 0 Å². The summed E-state index contributed by atoms with van der Waals surface area (Å²) in [7, 11) is 0. The molecule has 3 aromatic rings. The van der Waals surface area contributed by atoms with Gasteiger partial charge in [0.25, 0.3) is 0 Å². The lowest BCUT2D eigenvalue weighted by Crippen LogP contribution is -2.41. The first-order chi connectivity index (χ1) is 11.2. The van der Waals surface area contributed by atoms with E-state index in [0.717, 1.165) is 16.3 Å². The number of benzene rings is 1. The molecule has 5 nitrogen and oxygen atoms in total. The summed E-state index contributed by atoms with van der Waals surface area (Å²) in [5.41, 5.74) is 2.11. The molecule has 4 rings (SSSR count). The van der Waals surface area contributed by atoms with Crippen LogP contribution in [-0.2, 0) is 9.59 Å². The van der Waals surface area contributed by atoms with Gasteiger partial charge >= 0.3 is 0 Å². The fourth-order valence-corrected chi connectivity index (χ4v) is 3.19. The lowest BCUT2D eigenvalue weighted by Gasteiger charge is -2.23. The molecule has 3 heterocycles. The second kappa shape index (κ2) is 4.96. The van der Waals surface area contributed by atoms with Crippen molar-refractivity contribution in [3.8, 4) is 12.3 Å². The number of hydrogen-bond donors (Lipinski definition) is 1. The van der Waals surface area contributed by atoms with Crippen LogP contribution in [0.3, 0.4) is 0 Å². The number of para-hydroxylation sites is 1. The molecule has 1 atom stereocenters. The van der Waals surface area contributed by atoms with Gasteiger partial charge in [-0.3, -0.25) is 14.9 Å². The highest BCUT2D eigenvalue weighted by Crippen LogP contribution is 2.33. The zero-order valence-corrected chi connectivity index (χ0v) is 12.2. The Balaban J connectivity index is 2.04. The van der Waals surface area contributed by atoms with Crippen molar-refractivity contribution in [3.63, 3.8) is 0 Å². The quantitative estimate of drug-likeness (QED) is 0.553. The van der Waals surface area contributed by atoms with Crippen molar-refractivity contribution in [2.75, 3.05) is 0 Å². The molecule has 1 unspecified atom stereocenters. The number of carbonyl (C=O) groups is 2. The number of rotatable bonds is 1.